The van der Waals surface area contributed by atoms with Crippen LogP contribution in [0, 0.1) is 5.82 Å². The van der Waals surface area contributed by atoms with Crippen LogP contribution in [-0.4, -0.2) is 41.9 Å². The van der Waals surface area contributed by atoms with Crippen LogP contribution in [0.1, 0.15) is 0 Å². The Morgan fingerprint density at radius 2 is 1.92 bits per heavy atom. The van der Waals surface area contributed by atoms with E-state index in [1.165, 1.54) is 0 Å². The minimum absolute atomic E-state index is 0.0934. The molecule has 0 amide bonds. The second-order valence-corrected chi connectivity index (χ2v) is 7.16. The molecule has 3 rings (SSSR count). The Morgan fingerprint density at radius 1 is 1.19 bits per heavy atom. The summed E-state index contributed by atoms with van der Waals surface area (Å²) in [5.41, 5.74) is 0.627. The Kier molecular flexibility index (Phi) is 4.71. The average Bonchev–Trinajstić information content (AvgIpc) is 3.11. The number of rotatable bonds is 6. The van der Waals surface area contributed by atoms with Gasteiger partial charge in [0.25, 0.3) is 0 Å². The van der Waals surface area contributed by atoms with E-state index in [1.807, 2.05) is 0 Å². The molecular weight excluding hydrogens is 361 g/mol. The third-order valence-corrected chi connectivity index (χ3v) is 3.94. The van der Waals surface area contributed by atoms with Gasteiger partial charge in [0.1, 0.15) is 5.82 Å². The zero-order chi connectivity index (χ0) is 18.7. The van der Waals surface area contributed by atoms with Gasteiger partial charge >= 0.3 is 0 Å². The largest absolute Gasteiger partial charge is 0.336 e. The first-order chi connectivity index (χ1) is 12.3. The number of nitrogens with zero attached hydrogens (tertiary/aromatic N) is 4. The highest BCUT2D eigenvalue weighted by atomic mass is 32.2. The summed E-state index contributed by atoms with van der Waals surface area (Å²) in [7, 11) is -1.79. The smallest absolute Gasteiger partial charge is 0.232 e. The average molecular weight is 377 g/mol. The molecule has 1 aromatic carbocycles. The van der Waals surface area contributed by atoms with Crippen molar-refractivity contribution in [3.8, 4) is 0 Å². The quantitative estimate of drug-likeness (QED) is 0.603. The molecule has 0 spiro atoms. The second kappa shape index (κ2) is 6.96. The third kappa shape index (κ3) is 4.06. The number of para-hydroxylation sites is 2. The van der Waals surface area contributed by atoms with Crippen molar-refractivity contribution in [2.45, 2.75) is 0 Å². The number of H-pyrrole nitrogens is 1. The number of sulfonamides is 1. The van der Waals surface area contributed by atoms with E-state index in [2.05, 4.69) is 30.2 Å². The Labute approximate surface area is 149 Å². The molecule has 0 saturated heterocycles. The number of hydrogen-bond acceptors (Lipinski definition) is 7. The van der Waals surface area contributed by atoms with Gasteiger partial charge in [0.05, 0.1) is 30.0 Å². The maximum Gasteiger partial charge on any atom is 0.232 e. The van der Waals surface area contributed by atoms with Crippen LogP contribution < -0.4 is 14.9 Å². The number of anilines is 5. The first-order valence-electron chi connectivity index (χ1n) is 7.43. The predicted octanol–water partition coefficient (Wildman–Crippen LogP) is 2.22. The van der Waals surface area contributed by atoms with Crippen molar-refractivity contribution in [3.05, 3.63) is 48.5 Å². The van der Waals surface area contributed by atoms with Gasteiger partial charge in [-0.3, -0.25) is 14.7 Å². The Morgan fingerprint density at radius 3 is 2.58 bits per heavy atom. The summed E-state index contributed by atoms with van der Waals surface area (Å²) in [6.07, 6.45) is 3.64. The summed E-state index contributed by atoms with van der Waals surface area (Å²) in [6.45, 7) is 0. The molecule has 2 aromatic heterocycles. The maximum absolute atomic E-state index is 14.2. The molecule has 0 radical (unpaired) electrons. The molecular formula is C15H16FN7O2S. The first kappa shape index (κ1) is 17.6. The lowest BCUT2D eigenvalue weighted by Gasteiger charge is -2.17. The molecule has 0 saturated carbocycles. The van der Waals surface area contributed by atoms with E-state index in [9.17, 15) is 12.8 Å². The molecule has 0 fully saturated rings. The fourth-order valence-corrected chi connectivity index (χ4v) is 2.74. The summed E-state index contributed by atoms with van der Waals surface area (Å²) < 4.78 is 39.5. The van der Waals surface area contributed by atoms with Gasteiger partial charge in [-0.2, -0.15) is 10.1 Å². The fraction of sp³-hybridized carbons (Fsp3) is 0.133. The molecule has 3 N–H and O–H groups in total. The summed E-state index contributed by atoms with van der Waals surface area (Å²) in [6, 6.07) is 8.22. The Hall–Kier alpha value is -3.21. The molecule has 0 unspecified atom stereocenters. The zero-order valence-electron chi connectivity index (χ0n) is 13.9. The van der Waals surface area contributed by atoms with Gasteiger partial charge in [-0.15, -0.1) is 0 Å². The molecule has 0 aliphatic rings. The van der Waals surface area contributed by atoms with E-state index in [1.54, 1.807) is 48.5 Å². The summed E-state index contributed by atoms with van der Waals surface area (Å²) >= 11 is 0. The highest BCUT2D eigenvalue weighted by Crippen LogP contribution is 2.27. The minimum Gasteiger partial charge on any atom is -0.336 e. The number of hydrogen-bond donors (Lipinski definition) is 3. The minimum atomic E-state index is -3.49. The molecule has 0 bridgehead atoms. The SMILES string of the molecule is CN(c1ncc(F)c(Nc2ccccc2NS(C)(=O)=O)n1)c1ccn[nH]1. The molecule has 26 heavy (non-hydrogen) atoms. The van der Waals surface area contributed by atoms with Crippen molar-refractivity contribution in [3.63, 3.8) is 0 Å². The van der Waals surface area contributed by atoms with Gasteiger partial charge in [0.2, 0.25) is 16.0 Å². The van der Waals surface area contributed by atoms with Gasteiger partial charge < -0.3 is 5.32 Å². The van der Waals surface area contributed by atoms with E-state index in [0.29, 0.717) is 11.5 Å². The van der Waals surface area contributed by atoms with Crippen molar-refractivity contribution in [1.29, 1.82) is 0 Å². The van der Waals surface area contributed by atoms with E-state index in [0.717, 1.165) is 12.5 Å². The molecule has 9 nitrogen and oxygen atoms in total. The molecule has 136 valence electrons. The van der Waals surface area contributed by atoms with Crippen LogP contribution in [0.5, 0.6) is 0 Å². The lowest BCUT2D eigenvalue weighted by molar-refractivity contribution is 0.607. The normalized spacial score (nSPS) is 11.2. The van der Waals surface area contributed by atoms with E-state index in [4.69, 9.17) is 0 Å². The zero-order valence-corrected chi connectivity index (χ0v) is 14.7. The standard InChI is InChI=1S/C15H16FN7O2S/c1-23(13-7-8-18-21-13)15-17-9-10(16)14(20-15)19-11-5-3-4-6-12(11)22-26(2,24)25/h3-9,22H,1-2H3,(H,18,21)(H,17,19,20). The van der Waals surface area contributed by atoms with E-state index >= 15 is 0 Å². The van der Waals surface area contributed by atoms with Crippen molar-refractivity contribution in [1.82, 2.24) is 20.2 Å². The monoisotopic (exact) mass is 377 g/mol. The number of aromatic nitrogens is 4. The number of benzene rings is 1. The third-order valence-electron chi connectivity index (χ3n) is 3.35. The van der Waals surface area contributed by atoms with E-state index in [-0.39, 0.29) is 17.5 Å². The van der Waals surface area contributed by atoms with Crippen LogP contribution >= 0.6 is 0 Å². The van der Waals surface area contributed by atoms with Gasteiger partial charge in [-0.25, -0.2) is 17.8 Å². The van der Waals surface area contributed by atoms with Crippen LogP contribution in [0.25, 0.3) is 0 Å². The topological polar surface area (TPSA) is 116 Å². The lowest BCUT2D eigenvalue weighted by Crippen LogP contribution is -2.15. The van der Waals surface area contributed by atoms with Crippen molar-refractivity contribution >= 4 is 39.0 Å². The summed E-state index contributed by atoms with van der Waals surface area (Å²) in [4.78, 5) is 9.72. The van der Waals surface area contributed by atoms with Gasteiger partial charge in [0.15, 0.2) is 11.6 Å². The maximum atomic E-state index is 14.2. The molecule has 11 heteroatoms. The van der Waals surface area contributed by atoms with Crippen molar-refractivity contribution in [2.24, 2.45) is 0 Å². The van der Waals surface area contributed by atoms with Crippen LogP contribution in [0.2, 0.25) is 0 Å². The Bertz CT molecular complexity index is 1010. The molecule has 0 aliphatic carbocycles. The van der Waals surface area contributed by atoms with Crippen LogP contribution in [0.15, 0.2) is 42.7 Å². The van der Waals surface area contributed by atoms with Gasteiger partial charge in [0, 0.05) is 13.1 Å². The number of halogens is 1. The lowest BCUT2D eigenvalue weighted by atomic mass is 10.2. The fourth-order valence-electron chi connectivity index (χ4n) is 2.16. The molecule has 3 aromatic rings. The van der Waals surface area contributed by atoms with Crippen LogP contribution in [0.3, 0.4) is 0 Å². The molecule has 0 atom stereocenters. The van der Waals surface area contributed by atoms with Crippen LogP contribution in [0.4, 0.5) is 33.3 Å². The van der Waals surface area contributed by atoms with Crippen molar-refractivity contribution in [2.75, 3.05) is 28.2 Å². The highest BCUT2D eigenvalue weighted by molar-refractivity contribution is 7.92. The van der Waals surface area contributed by atoms with Gasteiger partial charge in [-0.1, -0.05) is 12.1 Å². The highest BCUT2D eigenvalue weighted by Gasteiger charge is 2.14. The molecule has 2 heterocycles. The second-order valence-electron chi connectivity index (χ2n) is 5.41. The number of nitrogens with one attached hydrogen (secondary N) is 3. The molecule has 0 aliphatic heterocycles. The van der Waals surface area contributed by atoms with Crippen LogP contribution in [-0.2, 0) is 10.0 Å². The van der Waals surface area contributed by atoms with E-state index < -0.39 is 15.8 Å². The number of aromatic amines is 1. The first-order valence-corrected chi connectivity index (χ1v) is 9.32. The van der Waals surface area contributed by atoms with Gasteiger partial charge in [-0.05, 0) is 12.1 Å². The van der Waals surface area contributed by atoms with Crippen molar-refractivity contribution < 1.29 is 12.8 Å². The Balaban J connectivity index is 1.92. The predicted molar refractivity (Wildman–Crippen MR) is 96.8 cm³/mol. The summed E-state index contributed by atoms with van der Waals surface area (Å²) in [5.74, 6) is 0.0819. The summed E-state index contributed by atoms with van der Waals surface area (Å²) in [5, 5.41) is 9.40.